The number of carbonyl (C=O) groups is 2. The van der Waals surface area contributed by atoms with Gasteiger partial charge in [0.15, 0.2) is 0 Å². The fraction of sp³-hybridized carbons (Fsp3) is 0.176. The second-order valence-corrected chi connectivity index (χ2v) is 4.72. The first-order valence-corrected chi connectivity index (χ1v) is 6.96. The predicted molar refractivity (Wildman–Crippen MR) is 83.4 cm³/mol. The van der Waals surface area contributed by atoms with Crippen LogP contribution in [0.3, 0.4) is 0 Å². The Morgan fingerprint density at radius 2 is 1.64 bits per heavy atom. The predicted octanol–water partition coefficient (Wildman–Crippen LogP) is 2.09. The van der Waals surface area contributed by atoms with Crippen molar-refractivity contribution < 1.29 is 14.3 Å². The molecule has 0 atom stereocenters. The number of hydrazine groups is 1. The molecule has 0 radical (unpaired) electrons. The van der Waals surface area contributed by atoms with Gasteiger partial charge in [0.25, 0.3) is 5.91 Å². The number of carbonyl (C=O) groups excluding carboxylic acids is 2. The quantitative estimate of drug-likeness (QED) is 0.831. The van der Waals surface area contributed by atoms with Crippen molar-refractivity contribution in [2.45, 2.75) is 12.8 Å². The van der Waals surface area contributed by atoms with E-state index in [9.17, 15) is 9.59 Å². The van der Waals surface area contributed by atoms with E-state index >= 15 is 0 Å². The molecule has 22 heavy (non-hydrogen) atoms. The molecule has 2 rings (SSSR count). The maximum absolute atomic E-state index is 11.9. The largest absolute Gasteiger partial charge is 0.497 e. The molecule has 2 amide bonds. The smallest absolute Gasteiger partial charge is 0.269 e. The van der Waals surface area contributed by atoms with Gasteiger partial charge in [-0.1, -0.05) is 30.3 Å². The van der Waals surface area contributed by atoms with E-state index in [1.54, 1.807) is 31.4 Å². The van der Waals surface area contributed by atoms with Gasteiger partial charge in [-0.3, -0.25) is 20.4 Å². The van der Waals surface area contributed by atoms with Crippen molar-refractivity contribution in [1.29, 1.82) is 0 Å². The summed E-state index contributed by atoms with van der Waals surface area (Å²) >= 11 is 0. The van der Waals surface area contributed by atoms with Crippen LogP contribution in [0.25, 0.3) is 0 Å². The molecule has 114 valence electrons. The number of amides is 2. The van der Waals surface area contributed by atoms with Gasteiger partial charge in [0.2, 0.25) is 5.91 Å². The lowest BCUT2D eigenvalue weighted by atomic mass is 10.1. The molecule has 0 heterocycles. The Labute approximate surface area is 129 Å². The SMILES string of the molecule is COc1ccc(C(=O)NNC(=O)CCc2ccccc2)cc1. The highest BCUT2D eigenvalue weighted by Gasteiger charge is 2.07. The lowest BCUT2D eigenvalue weighted by Crippen LogP contribution is -2.41. The number of methoxy groups -OCH3 is 1. The molecule has 5 nitrogen and oxygen atoms in total. The van der Waals surface area contributed by atoms with Crippen LogP contribution >= 0.6 is 0 Å². The monoisotopic (exact) mass is 298 g/mol. The van der Waals surface area contributed by atoms with Gasteiger partial charge in [-0.15, -0.1) is 0 Å². The lowest BCUT2D eigenvalue weighted by Gasteiger charge is -2.08. The van der Waals surface area contributed by atoms with Crippen molar-refractivity contribution in [3.8, 4) is 5.75 Å². The Balaban J connectivity index is 1.76. The van der Waals surface area contributed by atoms with E-state index in [4.69, 9.17) is 4.74 Å². The topological polar surface area (TPSA) is 67.4 Å². The number of ether oxygens (including phenoxy) is 1. The van der Waals surface area contributed by atoms with Gasteiger partial charge >= 0.3 is 0 Å². The first-order valence-electron chi connectivity index (χ1n) is 6.96. The van der Waals surface area contributed by atoms with Crippen LogP contribution in [-0.4, -0.2) is 18.9 Å². The van der Waals surface area contributed by atoms with Gasteiger partial charge in [-0.05, 0) is 36.2 Å². The van der Waals surface area contributed by atoms with Gasteiger partial charge in [-0.25, -0.2) is 0 Å². The molecule has 2 aromatic carbocycles. The van der Waals surface area contributed by atoms with E-state index in [0.29, 0.717) is 24.2 Å². The van der Waals surface area contributed by atoms with Crippen LogP contribution in [0.1, 0.15) is 22.3 Å². The van der Waals surface area contributed by atoms with Crippen LogP contribution in [0.4, 0.5) is 0 Å². The molecule has 0 saturated heterocycles. The molecule has 0 bridgehead atoms. The third-order valence-electron chi connectivity index (χ3n) is 3.15. The number of nitrogens with one attached hydrogen (secondary N) is 2. The zero-order chi connectivity index (χ0) is 15.8. The van der Waals surface area contributed by atoms with E-state index in [1.165, 1.54) is 0 Å². The molecule has 0 aliphatic heterocycles. The van der Waals surface area contributed by atoms with Crippen LogP contribution in [0.5, 0.6) is 5.75 Å². The maximum atomic E-state index is 11.9. The van der Waals surface area contributed by atoms with Gasteiger partial charge in [0, 0.05) is 12.0 Å². The van der Waals surface area contributed by atoms with Crippen LogP contribution < -0.4 is 15.6 Å². The second-order valence-electron chi connectivity index (χ2n) is 4.72. The number of hydrogen-bond acceptors (Lipinski definition) is 3. The van der Waals surface area contributed by atoms with Gasteiger partial charge in [-0.2, -0.15) is 0 Å². The molecule has 2 aromatic rings. The first-order chi connectivity index (χ1) is 10.7. The minimum Gasteiger partial charge on any atom is -0.497 e. The highest BCUT2D eigenvalue weighted by atomic mass is 16.5. The average Bonchev–Trinajstić information content (AvgIpc) is 2.58. The molecule has 0 aliphatic carbocycles. The van der Waals surface area contributed by atoms with Crippen LogP contribution in [-0.2, 0) is 11.2 Å². The molecule has 0 fully saturated rings. The summed E-state index contributed by atoms with van der Waals surface area (Å²) in [6.07, 6.45) is 0.942. The lowest BCUT2D eigenvalue weighted by molar-refractivity contribution is -0.121. The normalized spacial score (nSPS) is 9.86. The number of rotatable bonds is 5. The van der Waals surface area contributed by atoms with E-state index in [2.05, 4.69) is 10.9 Å². The minimum absolute atomic E-state index is 0.231. The van der Waals surface area contributed by atoms with E-state index < -0.39 is 0 Å². The number of hydrogen-bond donors (Lipinski definition) is 2. The minimum atomic E-state index is -0.365. The van der Waals surface area contributed by atoms with Crippen molar-refractivity contribution in [3.05, 3.63) is 65.7 Å². The summed E-state index contributed by atoms with van der Waals surface area (Å²) in [5, 5.41) is 0. The summed E-state index contributed by atoms with van der Waals surface area (Å²) in [6.45, 7) is 0. The maximum Gasteiger partial charge on any atom is 0.269 e. The molecule has 0 aliphatic rings. The van der Waals surface area contributed by atoms with Crippen molar-refractivity contribution in [2.24, 2.45) is 0 Å². The average molecular weight is 298 g/mol. The zero-order valence-corrected chi connectivity index (χ0v) is 12.3. The van der Waals surface area contributed by atoms with E-state index in [0.717, 1.165) is 5.56 Å². The van der Waals surface area contributed by atoms with Crippen molar-refractivity contribution in [1.82, 2.24) is 10.9 Å². The van der Waals surface area contributed by atoms with E-state index in [1.807, 2.05) is 30.3 Å². The molecule has 0 saturated carbocycles. The van der Waals surface area contributed by atoms with Gasteiger partial charge in [0.05, 0.1) is 7.11 Å². The molecule has 0 aromatic heterocycles. The summed E-state index contributed by atoms with van der Waals surface area (Å²) in [6, 6.07) is 16.3. The Hall–Kier alpha value is -2.82. The first kappa shape index (κ1) is 15.6. The van der Waals surface area contributed by atoms with Crippen molar-refractivity contribution in [2.75, 3.05) is 7.11 Å². The van der Waals surface area contributed by atoms with Crippen molar-refractivity contribution in [3.63, 3.8) is 0 Å². The Kier molecular flexibility index (Phi) is 5.54. The molecule has 0 spiro atoms. The third-order valence-corrected chi connectivity index (χ3v) is 3.15. The van der Waals surface area contributed by atoms with Crippen LogP contribution in [0.2, 0.25) is 0 Å². The Morgan fingerprint density at radius 3 is 2.27 bits per heavy atom. The highest BCUT2D eigenvalue weighted by Crippen LogP contribution is 2.10. The second kappa shape index (κ2) is 7.83. The number of aryl methyl sites for hydroxylation is 1. The van der Waals surface area contributed by atoms with Gasteiger partial charge < -0.3 is 4.74 Å². The molecule has 2 N–H and O–H groups in total. The summed E-state index contributed by atoms with van der Waals surface area (Å²) in [7, 11) is 1.56. The molecular weight excluding hydrogens is 280 g/mol. The van der Waals surface area contributed by atoms with Gasteiger partial charge in [0.1, 0.15) is 5.75 Å². The highest BCUT2D eigenvalue weighted by molar-refractivity contribution is 5.95. The van der Waals surface area contributed by atoms with Crippen molar-refractivity contribution >= 4 is 11.8 Å². The fourth-order valence-electron chi connectivity index (χ4n) is 1.91. The Morgan fingerprint density at radius 1 is 0.955 bits per heavy atom. The summed E-state index contributed by atoms with van der Waals surface area (Å²) < 4.78 is 5.02. The third kappa shape index (κ3) is 4.63. The van der Waals surface area contributed by atoms with Crippen LogP contribution in [0.15, 0.2) is 54.6 Å². The Bertz CT molecular complexity index is 624. The summed E-state index contributed by atoms with van der Waals surface area (Å²) in [5.41, 5.74) is 6.33. The standard InChI is InChI=1S/C17H18N2O3/c1-22-15-10-8-14(9-11-15)17(21)19-18-16(20)12-7-13-5-3-2-4-6-13/h2-6,8-11H,7,12H2,1H3,(H,18,20)(H,19,21). The van der Waals surface area contributed by atoms with E-state index in [-0.39, 0.29) is 11.8 Å². The molecule has 5 heteroatoms. The van der Waals surface area contributed by atoms with Crippen LogP contribution in [0, 0.1) is 0 Å². The summed E-state index contributed by atoms with van der Waals surface area (Å²) in [4.78, 5) is 23.6. The molecular formula is C17H18N2O3. The summed E-state index contributed by atoms with van der Waals surface area (Å²) in [5.74, 6) is 0.0740. The number of benzene rings is 2. The fourth-order valence-corrected chi connectivity index (χ4v) is 1.91. The zero-order valence-electron chi connectivity index (χ0n) is 12.3. The molecule has 0 unspecified atom stereocenters.